The molecule has 3 rings (SSSR count). The number of para-hydroxylation sites is 1. The van der Waals surface area contributed by atoms with E-state index in [1.807, 2.05) is 24.3 Å². The first-order valence-corrected chi connectivity index (χ1v) is 7.37. The third-order valence-corrected chi connectivity index (χ3v) is 4.30. The number of anilines is 2. The Morgan fingerprint density at radius 2 is 2.14 bits per heavy atom. The molecule has 1 aliphatic rings. The molecule has 1 atom stereocenters. The molecule has 0 radical (unpaired) electrons. The van der Waals surface area contributed by atoms with Gasteiger partial charge in [0.2, 0.25) is 11.8 Å². The number of carbonyl (C=O) groups is 2. The molecule has 1 unspecified atom stereocenters. The third-order valence-electron chi connectivity index (χ3n) is 3.02. The zero-order valence-electron chi connectivity index (χ0n) is 11.1. The fourth-order valence-corrected chi connectivity index (χ4v) is 3.15. The van der Waals surface area contributed by atoms with Crippen LogP contribution in [0.15, 0.2) is 53.7 Å². The van der Waals surface area contributed by atoms with Gasteiger partial charge in [-0.3, -0.25) is 14.6 Å². The number of pyridine rings is 1. The highest BCUT2D eigenvalue weighted by molar-refractivity contribution is 8.01. The topological polar surface area (TPSA) is 71.1 Å². The predicted molar refractivity (Wildman–Crippen MR) is 82.2 cm³/mol. The van der Waals surface area contributed by atoms with Crippen LogP contribution in [0.25, 0.3) is 0 Å². The van der Waals surface area contributed by atoms with Gasteiger partial charge in [-0.15, -0.1) is 11.8 Å². The predicted octanol–water partition coefficient (Wildman–Crippen LogP) is 2.52. The van der Waals surface area contributed by atoms with E-state index in [0.29, 0.717) is 5.69 Å². The van der Waals surface area contributed by atoms with Crippen LogP contribution in [-0.4, -0.2) is 22.0 Å². The average Bonchev–Trinajstić information content (AvgIpc) is 2.49. The van der Waals surface area contributed by atoms with Gasteiger partial charge in [-0.1, -0.05) is 12.1 Å². The molecule has 1 aliphatic heterocycles. The lowest BCUT2D eigenvalue weighted by Crippen LogP contribution is -2.32. The Balaban J connectivity index is 1.65. The number of thioether (sulfide) groups is 1. The van der Waals surface area contributed by atoms with E-state index in [1.165, 1.54) is 11.8 Å². The van der Waals surface area contributed by atoms with Gasteiger partial charge < -0.3 is 10.6 Å². The van der Waals surface area contributed by atoms with Crippen molar-refractivity contribution in [3.63, 3.8) is 0 Å². The van der Waals surface area contributed by atoms with E-state index >= 15 is 0 Å². The fourth-order valence-electron chi connectivity index (χ4n) is 2.04. The smallest absolute Gasteiger partial charge is 0.238 e. The monoisotopic (exact) mass is 299 g/mol. The number of hydrogen-bond donors (Lipinski definition) is 2. The minimum Gasteiger partial charge on any atom is -0.325 e. The number of nitrogens with one attached hydrogen (secondary N) is 2. The normalized spacial score (nSPS) is 16.8. The standard InChI is InChI=1S/C15H13N3O2S/c19-14(17-10-4-3-7-16-9-10)8-13-15(20)18-11-5-1-2-6-12(11)21-13/h1-7,9,13H,8H2,(H,17,19)(H,18,20). The van der Waals surface area contributed by atoms with Crippen LogP contribution in [0.1, 0.15) is 6.42 Å². The van der Waals surface area contributed by atoms with Crippen LogP contribution < -0.4 is 10.6 Å². The van der Waals surface area contributed by atoms with Crippen molar-refractivity contribution in [2.24, 2.45) is 0 Å². The molecule has 0 bridgehead atoms. The lowest BCUT2D eigenvalue weighted by Gasteiger charge is -2.23. The Kier molecular flexibility index (Phi) is 3.87. The van der Waals surface area contributed by atoms with Crippen molar-refractivity contribution >= 4 is 35.0 Å². The highest BCUT2D eigenvalue weighted by Gasteiger charge is 2.28. The molecular weight excluding hydrogens is 286 g/mol. The number of amides is 2. The number of aromatic nitrogens is 1. The van der Waals surface area contributed by atoms with Crippen LogP contribution in [0.2, 0.25) is 0 Å². The van der Waals surface area contributed by atoms with E-state index < -0.39 is 5.25 Å². The Morgan fingerprint density at radius 3 is 2.95 bits per heavy atom. The minimum atomic E-state index is -0.420. The molecule has 1 aromatic carbocycles. The largest absolute Gasteiger partial charge is 0.325 e. The Morgan fingerprint density at radius 1 is 1.29 bits per heavy atom. The molecule has 106 valence electrons. The summed E-state index contributed by atoms with van der Waals surface area (Å²) in [4.78, 5) is 28.9. The van der Waals surface area contributed by atoms with E-state index in [1.54, 1.807) is 24.5 Å². The maximum atomic E-state index is 12.0. The van der Waals surface area contributed by atoms with E-state index in [0.717, 1.165) is 10.6 Å². The minimum absolute atomic E-state index is 0.125. The molecule has 0 spiro atoms. The van der Waals surface area contributed by atoms with Gasteiger partial charge in [0.05, 0.1) is 22.8 Å². The van der Waals surface area contributed by atoms with E-state index in [9.17, 15) is 9.59 Å². The summed E-state index contributed by atoms with van der Waals surface area (Å²) < 4.78 is 0. The molecular formula is C15H13N3O2S. The maximum absolute atomic E-state index is 12.0. The molecule has 6 heteroatoms. The fraction of sp³-hybridized carbons (Fsp3) is 0.133. The SMILES string of the molecule is O=C(CC1Sc2ccccc2NC1=O)Nc1cccnc1. The number of hydrogen-bond acceptors (Lipinski definition) is 4. The number of rotatable bonds is 3. The summed E-state index contributed by atoms with van der Waals surface area (Å²) in [5, 5.41) is 5.15. The van der Waals surface area contributed by atoms with Crippen molar-refractivity contribution in [1.82, 2.24) is 4.98 Å². The van der Waals surface area contributed by atoms with Crippen molar-refractivity contribution < 1.29 is 9.59 Å². The molecule has 21 heavy (non-hydrogen) atoms. The van der Waals surface area contributed by atoms with Crippen molar-refractivity contribution in [2.75, 3.05) is 10.6 Å². The van der Waals surface area contributed by atoms with Gasteiger partial charge in [-0.2, -0.15) is 0 Å². The summed E-state index contributed by atoms with van der Waals surface area (Å²) in [6, 6.07) is 11.1. The van der Waals surface area contributed by atoms with Crippen molar-refractivity contribution in [3.05, 3.63) is 48.8 Å². The van der Waals surface area contributed by atoms with Crippen molar-refractivity contribution in [2.45, 2.75) is 16.6 Å². The summed E-state index contributed by atoms with van der Waals surface area (Å²) >= 11 is 1.42. The van der Waals surface area contributed by atoms with Crippen LogP contribution in [-0.2, 0) is 9.59 Å². The van der Waals surface area contributed by atoms with Gasteiger partial charge in [0.25, 0.3) is 0 Å². The summed E-state index contributed by atoms with van der Waals surface area (Å²) in [5.74, 6) is -0.338. The number of fused-ring (bicyclic) bond motifs is 1. The molecule has 2 amide bonds. The molecule has 1 aromatic heterocycles. The number of benzene rings is 1. The zero-order valence-corrected chi connectivity index (χ0v) is 11.9. The molecule has 5 nitrogen and oxygen atoms in total. The highest BCUT2D eigenvalue weighted by atomic mass is 32.2. The van der Waals surface area contributed by atoms with Gasteiger partial charge in [0.1, 0.15) is 0 Å². The van der Waals surface area contributed by atoms with Gasteiger partial charge >= 0.3 is 0 Å². The number of nitrogens with zero attached hydrogens (tertiary/aromatic N) is 1. The van der Waals surface area contributed by atoms with Gasteiger partial charge in [-0.25, -0.2) is 0 Å². The lowest BCUT2D eigenvalue weighted by molar-refractivity contribution is -0.120. The maximum Gasteiger partial charge on any atom is 0.238 e. The molecule has 0 saturated carbocycles. The highest BCUT2D eigenvalue weighted by Crippen LogP contribution is 2.36. The van der Waals surface area contributed by atoms with Gasteiger partial charge in [-0.05, 0) is 24.3 Å². The van der Waals surface area contributed by atoms with E-state index in [2.05, 4.69) is 15.6 Å². The average molecular weight is 299 g/mol. The Labute approximate surface area is 126 Å². The van der Waals surface area contributed by atoms with Gasteiger partial charge in [0, 0.05) is 17.5 Å². The molecule has 2 aromatic rings. The second-order valence-electron chi connectivity index (χ2n) is 4.59. The van der Waals surface area contributed by atoms with Crippen LogP contribution in [0.4, 0.5) is 11.4 Å². The van der Waals surface area contributed by atoms with Crippen LogP contribution in [0.5, 0.6) is 0 Å². The van der Waals surface area contributed by atoms with E-state index in [4.69, 9.17) is 0 Å². The molecule has 2 heterocycles. The third kappa shape index (κ3) is 3.22. The zero-order chi connectivity index (χ0) is 14.7. The summed E-state index contributed by atoms with van der Waals surface area (Å²) in [6.45, 7) is 0. The lowest BCUT2D eigenvalue weighted by atomic mass is 10.2. The Bertz CT molecular complexity index is 676. The van der Waals surface area contributed by atoms with Crippen LogP contribution in [0, 0.1) is 0 Å². The summed E-state index contributed by atoms with van der Waals surface area (Å²) in [7, 11) is 0. The molecule has 2 N–H and O–H groups in total. The van der Waals surface area contributed by atoms with Crippen molar-refractivity contribution in [3.8, 4) is 0 Å². The van der Waals surface area contributed by atoms with Crippen LogP contribution >= 0.6 is 11.8 Å². The number of carbonyl (C=O) groups excluding carboxylic acids is 2. The molecule has 0 fully saturated rings. The first-order valence-electron chi connectivity index (χ1n) is 6.49. The summed E-state index contributed by atoms with van der Waals surface area (Å²) in [5.41, 5.74) is 1.43. The first-order chi connectivity index (χ1) is 10.2. The van der Waals surface area contributed by atoms with Crippen LogP contribution in [0.3, 0.4) is 0 Å². The second-order valence-corrected chi connectivity index (χ2v) is 5.83. The van der Waals surface area contributed by atoms with Crippen molar-refractivity contribution in [1.29, 1.82) is 0 Å². The first kappa shape index (κ1) is 13.6. The molecule has 0 saturated heterocycles. The Hall–Kier alpha value is -2.34. The quantitative estimate of drug-likeness (QED) is 0.913. The summed E-state index contributed by atoms with van der Waals surface area (Å²) in [6.07, 6.45) is 3.33. The second kappa shape index (κ2) is 5.97. The van der Waals surface area contributed by atoms with Gasteiger partial charge in [0.15, 0.2) is 0 Å². The van der Waals surface area contributed by atoms with E-state index in [-0.39, 0.29) is 18.2 Å². The molecule has 0 aliphatic carbocycles.